The fraction of sp³-hybridized carbons (Fsp3) is 0.800. The van der Waals surface area contributed by atoms with Gasteiger partial charge in [-0.1, -0.05) is 6.92 Å². The third kappa shape index (κ3) is 4.03. The lowest BCUT2D eigenvalue weighted by atomic mass is 10.3. The standard InChI is InChI=1S/C10H20N4OS/c1-3-4-9-12-10(16-13-9)14(6-5-11)7-8-15-2/h3-8,11H2,1-2H3. The molecule has 1 rings (SSSR count). The van der Waals surface area contributed by atoms with Crippen LogP contribution in [0.5, 0.6) is 0 Å². The molecule has 0 atom stereocenters. The zero-order valence-electron chi connectivity index (χ0n) is 9.98. The van der Waals surface area contributed by atoms with Gasteiger partial charge in [-0.25, -0.2) is 4.98 Å². The Hall–Kier alpha value is -0.720. The van der Waals surface area contributed by atoms with E-state index in [1.54, 1.807) is 7.11 Å². The summed E-state index contributed by atoms with van der Waals surface area (Å²) in [5.74, 6) is 0.932. The Labute approximate surface area is 101 Å². The topological polar surface area (TPSA) is 64.3 Å². The maximum Gasteiger partial charge on any atom is 0.205 e. The molecule has 2 N–H and O–H groups in total. The number of methoxy groups -OCH3 is 1. The fourth-order valence-electron chi connectivity index (χ4n) is 1.36. The number of hydrogen-bond donors (Lipinski definition) is 1. The van der Waals surface area contributed by atoms with Crippen molar-refractivity contribution in [3.63, 3.8) is 0 Å². The second kappa shape index (κ2) is 7.54. The van der Waals surface area contributed by atoms with E-state index < -0.39 is 0 Å². The first-order chi connectivity index (χ1) is 7.81. The van der Waals surface area contributed by atoms with Crippen molar-refractivity contribution in [1.29, 1.82) is 0 Å². The summed E-state index contributed by atoms with van der Waals surface area (Å²) in [5, 5.41) is 0.950. The molecule has 0 aliphatic rings. The first kappa shape index (κ1) is 13.3. The molecule has 0 aliphatic heterocycles. The van der Waals surface area contributed by atoms with Crippen LogP contribution >= 0.6 is 11.5 Å². The smallest absolute Gasteiger partial charge is 0.205 e. The molecule has 0 unspecified atom stereocenters. The van der Waals surface area contributed by atoms with Crippen molar-refractivity contribution in [1.82, 2.24) is 9.36 Å². The highest BCUT2D eigenvalue weighted by molar-refractivity contribution is 7.09. The van der Waals surface area contributed by atoms with Gasteiger partial charge in [0.2, 0.25) is 5.13 Å². The van der Waals surface area contributed by atoms with Crippen LogP contribution < -0.4 is 10.6 Å². The zero-order valence-corrected chi connectivity index (χ0v) is 10.8. The van der Waals surface area contributed by atoms with Gasteiger partial charge in [0.25, 0.3) is 0 Å². The van der Waals surface area contributed by atoms with Crippen LogP contribution in [0.15, 0.2) is 0 Å². The minimum atomic E-state index is 0.617. The maximum atomic E-state index is 5.58. The van der Waals surface area contributed by atoms with Crippen LogP contribution in [0.1, 0.15) is 19.2 Å². The van der Waals surface area contributed by atoms with Crippen LogP contribution in [-0.2, 0) is 11.2 Å². The van der Waals surface area contributed by atoms with Crippen molar-refractivity contribution >= 4 is 16.7 Å². The van der Waals surface area contributed by atoms with Crippen molar-refractivity contribution in [3.05, 3.63) is 5.82 Å². The van der Waals surface area contributed by atoms with Gasteiger partial charge in [-0.15, -0.1) is 0 Å². The lowest BCUT2D eigenvalue weighted by Gasteiger charge is -2.19. The predicted molar refractivity (Wildman–Crippen MR) is 67.0 cm³/mol. The normalized spacial score (nSPS) is 10.7. The number of aryl methyl sites for hydroxylation is 1. The Bertz CT molecular complexity index is 292. The molecule has 0 aliphatic carbocycles. The maximum absolute atomic E-state index is 5.58. The summed E-state index contributed by atoms with van der Waals surface area (Å²) in [6.45, 7) is 5.04. The van der Waals surface area contributed by atoms with Gasteiger partial charge in [0.1, 0.15) is 5.82 Å². The lowest BCUT2D eigenvalue weighted by molar-refractivity contribution is 0.205. The number of ether oxygens (including phenoxy) is 1. The number of rotatable bonds is 8. The molecule has 6 heteroatoms. The van der Waals surface area contributed by atoms with Crippen molar-refractivity contribution in [2.24, 2.45) is 5.73 Å². The van der Waals surface area contributed by atoms with Gasteiger partial charge in [-0.2, -0.15) is 4.37 Å². The molecule has 0 spiro atoms. The molecular weight excluding hydrogens is 224 g/mol. The van der Waals surface area contributed by atoms with E-state index in [1.807, 2.05) is 0 Å². The molecule has 0 aromatic carbocycles. The van der Waals surface area contributed by atoms with E-state index >= 15 is 0 Å². The molecule has 16 heavy (non-hydrogen) atoms. The summed E-state index contributed by atoms with van der Waals surface area (Å²) in [7, 11) is 1.70. The number of nitrogens with zero attached hydrogens (tertiary/aromatic N) is 3. The number of nitrogens with two attached hydrogens (primary N) is 1. The SMILES string of the molecule is CCCc1nsc(N(CCN)CCOC)n1. The molecule has 0 saturated heterocycles. The molecule has 5 nitrogen and oxygen atoms in total. The summed E-state index contributed by atoms with van der Waals surface area (Å²) < 4.78 is 9.39. The molecule has 1 aromatic heterocycles. The molecule has 1 aromatic rings. The van der Waals surface area contributed by atoms with Crippen LogP contribution in [0, 0.1) is 0 Å². The van der Waals surface area contributed by atoms with Crippen molar-refractivity contribution in [2.45, 2.75) is 19.8 Å². The Morgan fingerprint density at radius 1 is 1.44 bits per heavy atom. The van der Waals surface area contributed by atoms with E-state index in [9.17, 15) is 0 Å². The summed E-state index contributed by atoms with van der Waals surface area (Å²) in [6.07, 6.45) is 2.02. The van der Waals surface area contributed by atoms with Gasteiger partial charge in [-0.3, -0.25) is 0 Å². The van der Waals surface area contributed by atoms with Gasteiger partial charge in [0.15, 0.2) is 0 Å². The van der Waals surface area contributed by atoms with Crippen LogP contribution in [0.3, 0.4) is 0 Å². The number of hydrogen-bond acceptors (Lipinski definition) is 6. The molecule has 0 radical (unpaired) electrons. The van der Waals surface area contributed by atoms with Gasteiger partial charge in [0.05, 0.1) is 6.61 Å². The lowest BCUT2D eigenvalue weighted by Crippen LogP contribution is -2.32. The third-order valence-corrected chi connectivity index (χ3v) is 2.98. The second-order valence-corrected chi connectivity index (χ2v) is 4.24. The van der Waals surface area contributed by atoms with E-state index in [0.29, 0.717) is 13.2 Å². The van der Waals surface area contributed by atoms with Crippen LogP contribution in [-0.4, -0.2) is 42.7 Å². The number of aromatic nitrogens is 2. The molecule has 1 heterocycles. The Morgan fingerprint density at radius 3 is 2.88 bits per heavy atom. The zero-order chi connectivity index (χ0) is 11.8. The first-order valence-electron chi connectivity index (χ1n) is 5.58. The van der Waals surface area contributed by atoms with E-state index in [2.05, 4.69) is 21.2 Å². The average Bonchev–Trinajstić information content (AvgIpc) is 2.73. The predicted octanol–water partition coefficient (Wildman–Crippen LogP) is 0.902. The molecule has 0 saturated carbocycles. The van der Waals surface area contributed by atoms with Crippen molar-refractivity contribution in [2.75, 3.05) is 38.3 Å². The monoisotopic (exact) mass is 244 g/mol. The highest BCUT2D eigenvalue weighted by Crippen LogP contribution is 2.17. The summed E-state index contributed by atoms with van der Waals surface area (Å²) in [4.78, 5) is 6.62. The Balaban J connectivity index is 2.59. The molecule has 92 valence electrons. The molecule has 0 bridgehead atoms. The second-order valence-electron chi connectivity index (χ2n) is 3.51. The summed E-state index contributed by atoms with van der Waals surface area (Å²) in [5.41, 5.74) is 5.58. The van der Waals surface area contributed by atoms with Crippen LogP contribution in [0.4, 0.5) is 5.13 Å². The first-order valence-corrected chi connectivity index (χ1v) is 6.35. The third-order valence-electron chi connectivity index (χ3n) is 2.17. The van der Waals surface area contributed by atoms with Gasteiger partial charge < -0.3 is 15.4 Å². The van der Waals surface area contributed by atoms with Gasteiger partial charge in [0, 0.05) is 44.7 Å². The van der Waals surface area contributed by atoms with Crippen molar-refractivity contribution < 1.29 is 4.74 Å². The van der Waals surface area contributed by atoms with E-state index in [1.165, 1.54) is 11.5 Å². The Morgan fingerprint density at radius 2 is 2.25 bits per heavy atom. The summed E-state index contributed by atoms with van der Waals surface area (Å²) in [6, 6.07) is 0. The van der Waals surface area contributed by atoms with Crippen LogP contribution in [0.2, 0.25) is 0 Å². The number of anilines is 1. The van der Waals surface area contributed by atoms with Gasteiger partial charge in [-0.05, 0) is 6.42 Å². The van der Waals surface area contributed by atoms with E-state index in [-0.39, 0.29) is 0 Å². The Kier molecular flexibility index (Phi) is 6.29. The minimum absolute atomic E-state index is 0.617. The largest absolute Gasteiger partial charge is 0.383 e. The van der Waals surface area contributed by atoms with Gasteiger partial charge >= 0.3 is 0 Å². The van der Waals surface area contributed by atoms with E-state index in [0.717, 1.165) is 36.9 Å². The molecule has 0 fully saturated rings. The summed E-state index contributed by atoms with van der Waals surface area (Å²) >= 11 is 1.44. The molecule has 0 amide bonds. The fourth-order valence-corrected chi connectivity index (χ4v) is 2.12. The van der Waals surface area contributed by atoms with Crippen molar-refractivity contribution in [3.8, 4) is 0 Å². The quantitative estimate of drug-likeness (QED) is 0.736. The highest BCUT2D eigenvalue weighted by atomic mass is 32.1. The molecular formula is C10H20N4OS. The minimum Gasteiger partial charge on any atom is -0.383 e. The average molecular weight is 244 g/mol. The highest BCUT2D eigenvalue weighted by Gasteiger charge is 2.11. The van der Waals surface area contributed by atoms with E-state index in [4.69, 9.17) is 10.5 Å². The van der Waals surface area contributed by atoms with Crippen LogP contribution in [0.25, 0.3) is 0 Å².